The highest BCUT2D eigenvalue weighted by atomic mass is 16.4. The molecule has 3 aromatic carbocycles. The van der Waals surface area contributed by atoms with E-state index in [0.29, 0.717) is 23.9 Å². The van der Waals surface area contributed by atoms with Crippen LogP contribution in [0, 0.1) is 13.8 Å². The molecule has 1 N–H and O–H groups in total. The summed E-state index contributed by atoms with van der Waals surface area (Å²) in [5.41, 5.74) is 6.06. The normalized spacial score (nSPS) is 10.9. The summed E-state index contributed by atoms with van der Waals surface area (Å²) in [6.45, 7) is 4.36. The number of hydrogen-bond acceptors (Lipinski definition) is 5. The minimum absolute atomic E-state index is 0.159. The van der Waals surface area contributed by atoms with Gasteiger partial charge in [0.2, 0.25) is 11.8 Å². The second kappa shape index (κ2) is 9.15. The third-order valence-electron chi connectivity index (χ3n) is 5.71. The predicted octanol–water partition coefficient (Wildman–Crippen LogP) is 5.14. The highest BCUT2D eigenvalue weighted by molar-refractivity contribution is 5.94. The van der Waals surface area contributed by atoms with Gasteiger partial charge in [-0.15, -0.1) is 10.2 Å². The van der Waals surface area contributed by atoms with Gasteiger partial charge in [0.1, 0.15) is 0 Å². The fraction of sp³-hybridized carbons (Fsp3) is 0.111. The van der Waals surface area contributed by atoms with Crippen molar-refractivity contribution in [2.24, 2.45) is 0 Å². The number of para-hydroxylation sites is 1. The zero-order valence-electron chi connectivity index (χ0n) is 18.9. The van der Waals surface area contributed by atoms with E-state index in [1.807, 2.05) is 79.2 Å². The van der Waals surface area contributed by atoms with Gasteiger partial charge >= 0.3 is 0 Å². The Bertz CT molecular complexity index is 1420. The van der Waals surface area contributed by atoms with Crippen molar-refractivity contribution >= 4 is 5.91 Å². The van der Waals surface area contributed by atoms with Crippen LogP contribution in [0.1, 0.15) is 27.3 Å². The van der Waals surface area contributed by atoms with Gasteiger partial charge in [0, 0.05) is 34.5 Å². The first kappa shape index (κ1) is 21.3. The van der Waals surface area contributed by atoms with E-state index in [4.69, 9.17) is 4.42 Å². The Morgan fingerprint density at radius 1 is 0.824 bits per heavy atom. The van der Waals surface area contributed by atoms with E-state index in [2.05, 4.69) is 20.6 Å². The van der Waals surface area contributed by atoms with Crippen LogP contribution in [0.2, 0.25) is 0 Å². The Morgan fingerprint density at radius 3 is 2.06 bits per heavy atom. The first-order valence-corrected chi connectivity index (χ1v) is 11.0. The largest absolute Gasteiger partial charge is 0.416 e. The smallest absolute Gasteiger partial charge is 0.251 e. The fourth-order valence-corrected chi connectivity index (χ4v) is 3.82. The van der Waals surface area contributed by atoms with Gasteiger partial charge in [0.15, 0.2) is 0 Å². The van der Waals surface area contributed by atoms with E-state index in [-0.39, 0.29) is 5.91 Å². The molecule has 2 aromatic heterocycles. The standard InChI is InChI=1S/C27H23N5O2/c1-18-24(19(2)32(31-18)23-11-7-4-8-12-23)17-28-25(33)20-13-15-22(16-14-20)27-30-29-26(34-27)21-9-5-3-6-10-21/h3-16H,17H2,1-2H3,(H,28,33). The summed E-state index contributed by atoms with van der Waals surface area (Å²) in [7, 11) is 0. The van der Waals surface area contributed by atoms with Crippen LogP contribution in [0.3, 0.4) is 0 Å². The number of nitrogens with one attached hydrogen (secondary N) is 1. The van der Waals surface area contributed by atoms with Gasteiger partial charge in [-0.25, -0.2) is 4.68 Å². The molecule has 7 nitrogen and oxygen atoms in total. The van der Waals surface area contributed by atoms with Crippen LogP contribution in [0.25, 0.3) is 28.6 Å². The van der Waals surface area contributed by atoms with Crippen molar-refractivity contribution in [1.29, 1.82) is 0 Å². The van der Waals surface area contributed by atoms with Crippen molar-refractivity contribution in [2.75, 3.05) is 0 Å². The molecule has 168 valence electrons. The maximum absolute atomic E-state index is 12.8. The minimum atomic E-state index is -0.159. The number of rotatable bonds is 6. The number of hydrogen-bond donors (Lipinski definition) is 1. The molecule has 5 aromatic rings. The van der Waals surface area contributed by atoms with E-state index >= 15 is 0 Å². The van der Waals surface area contributed by atoms with Gasteiger partial charge in [-0.05, 0) is 62.4 Å². The lowest BCUT2D eigenvalue weighted by molar-refractivity contribution is 0.0951. The molecule has 0 aliphatic carbocycles. The SMILES string of the molecule is Cc1nn(-c2ccccc2)c(C)c1CNC(=O)c1ccc(-c2nnc(-c3ccccc3)o2)cc1. The maximum atomic E-state index is 12.8. The molecule has 0 aliphatic heterocycles. The van der Waals surface area contributed by atoms with Crippen LogP contribution in [0.5, 0.6) is 0 Å². The van der Waals surface area contributed by atoms with Crippen LogP contribution in [-0.4, -0.2) is 25.9 Å². The van der Waals surface area contributed by atoms with Crippen molar-refractivity contribution < 1.29 is 9.21 Å². The third-order valence-corrected chi connectivity index (χ3v) is 5.71. The van der Waals surface area contributed by atoms with Gasteiger partial charge < -0.3 is 9.73 Å². The Balaban J connectivity index is 1.27. The molecule has 0 radical (unpaired) electrons. The van der Waals surface area contributed by atoms with Gasteiger partial charge in [-0.1, -0.05) is 36.4 Å². The van der Waals surface area contributed by atoms with Crippen LogP contribution in [0.4, 0.5) is 0 Å². The van der Waals surface area contributed by atoms with Gasteiger partial charge in [0.25, 0.3) is 5.91 Å². The average Bonchev–Trinajstić information content (AvgIpc) is 3.49. The number of amides is 1. The number of aryl methyl sites for hydroxylation is 1. The number of carbonyl (C=O) groups excluding carboxylic acids is 1. The summed E-state index contributed by atoms with van der Waals surface area (Å²) in [5, 5.41) is 15.9. The van der Waals surface area contributed by atoms with E-state index in [1.54, 1.807) is 24.3 Å². The molecule has 0 saturated heterocycles. The molecule has 0 fully saturated rings. The molecule has 5 rings (SSSR count). The van der Waals surface area contributed by atoms with Gasteiger partial charge in [-0.2, -0.15) is 5.10 Å². The summed E-state index contributed by atoms with van der Waals surface area (Å²) in [5.74, 6) is 0.706. The molecule has 0 spiro atoms. The quantitative estimate of drug-likeness (QED) is 0.388. The number of carbonyl (C=O) groups is 1. The Hall–Kier alpha value is -4.52. The molecule has 1 amide bonds. The summed E-state index contributed by atoms with van der Waals surface area (Å²) in [6.07, 6.45) is 0. The Kier molecular flexibility index (Phi) is 5.74. The number of nitrogens with zero attached hydrogens (tertiary/aromatic N) is 4. The minimum Gasteiger partial charge on any atom is -0.416 e. The molecule has 0 saturated carbocycles. The summed E-state index contributed by atoms with van der Waals surface area (Å²) in [4.78, 5) is 12.8. The topological polar surface area (TPSA) is 85.8 Å². The third kappa shape index (κ3) is 4.23. The summed E-state index contributed by atoms with van der Waals surface area (Å²) < 4.78 is 7.70. The second-order valence-electron chi connectivity index (χ2n) is 7.94. The van der Waals surface area contributed by atoms with Gasteiger partial charge in [-0.3, -0.25) is 4.79 Å². The van der Waals surface area contributed by atoms with Gasteiger partial charge in [0.05, 0.1) is 11.4 Å². The average molecular weight is 450 g/mol. The molecule has 0 aliphatic rings. The van der Waals surface area contributed by atoms with E-state index in [1.165, 1.54) is 0 Å². The lowest BCUT2D eigenvalue weighted by Gasteiger charge is -2.07. The predicted molar refractivity (Wildman–Crippen MR) is 129 cm³/mol. The first-order valence-electron chi connectivity index (χ1n) is 11.0. The van der Waals surface area contributed by atoms with Crippen molar-refractivity contribution in [3.63, 3.8) is 0 Å². The van der Waals surface area contributed by atoms with Crippen LogP contribution in [-0.2, 0) is 6.54 Å². The molecule has 2 heterocycles. The maximum Gasteiger partial charge on any atom is 0.251 e. The lowest BCUT2D eigenvalue weighted by Crippen LogP contribution is -2.23. The molecule has 0 unspecified atom stereocenters. The van der Waals surface area contributed by atoms with Crippen molar-refractivity contribution in [2.45, 2.75) is 20.4 Å². The zero-order valence-corrected chi connectivity index (χ0v) is 18.9. The monoisotopic (exact) mass is 449 g/mol. The van der Waals surface area contributed by atoms with Crippen molar-refractivity contribution in [3.8, 4) is 28.6 Å². The summed E-state index contributed by atoms with van der Waals surface area (Å²) in [6, 6.07) is 26.7. The highest BCUT2D eigenvalue weighted by Crippen LogP contribution is 2.24. The molecular formula is C27H23N5O2. The van der Waals surface area contributed by atoms with Crippen molar-refractivity contribution in [3.05, 3.63) is 107 Å². The molecule has 0 atom stereocenters. The molecule has 34 heavy (non-hydrogen) atoms. The van der Waals surface area contributed by atoms with E-state index in [0.717, 1.165) is 33.8 Å². The van der Waals surface area contributed by atoms with Crippen LogP contribution < -0.4 is 5.32 Å². The van der Waals surface area contributed by atoms with Crippen molar-refractivity contribution in [1.82, 2.24) is 25.3 Å². The second-order valence-corrected chi connectivity index (χ2v) is 7.94. The number of benzene rings is 3. The van der Waals surface area contributed by atoms with E-state index < -0.39 is 0 Å². The molecular weight excluding hydrogens is 426 g/mol. The Labute approximate surface area is 197 Å². The summed E-state index contributed by atoms with van der Waals surface area (Å²) >= 11 is 0. The van der Waals surface area contributed by atoms with Crippen LogP contribution >= 0.6 is 0 Å². The molecule has 0 bridgehead atoms. The molecule has 7 heteroatoms. The zero-order chi connectivity index (χ0) is 23.5. The van der Waals surface area contributed by atoms with Crippen LogP contribution in [0.15, 0.2) is 89.3 Å². The van der Waals surface area contributed by atoms with E-state index in [9.17, 15) is 4.79 Å². The first-order chi connectivity index (χ1) is 16.6. The number of aromatic nitrogens is 4. The Morgan fingerprint density at radius 2 is 1.41 bits per heavy atom. The highest BCUT2D eigenvalue weighted by Gasteiger charge is 2.15. The lowest BCUT2D eigenvalue weighted by atomic mass is 10.1. The fourth-order valence-electron chi connectivity index (χ4n) is 3.82.